The second-order valence-corrected chi connectivity index (χ2v) is 6.11. The predicted octanol–water partition coefficient (Wildman–Crippen LogP) is 3.17. The lowest BCUT2D eigenvalue weighted by molar-refractivity contribution is -0.137. The SMILES string of the molecule is COCc1c(C(=O)NCCCCC(=O)O)sc2cccc(F)c12. The van der Waals surface area contributed by atoms with Gasteiger partial charge in [-0.25, -0.2) is 4.39 Å². The fourth-order valence-electron chi connectivity index (χ4n) is 2.32. The summed E-state index contributed by atoms with van der Waals surface area (Å²) in [7, 11) is 1.50. The first-order chi connectivity index (χ1) is 11.0. The fourth-order valence-corrected chi connectivity index (χ4v) is 3.45. The van der Waals surface area contributed by atoms with Gasteiger partial charge in [-0.1, -0.05) is 6.07 Å². The minimum atomic E-state index is -0.848. The van der Waals surface area contributed by atoms with E-state index < -0.39 is 5.97 Å². The topological polar surface area (TPSA) is 75.6 Å². The van der Waals surface area contributed by atoms with Gasteiger partial charge in [-0.05, 0) is 25.0 Å². The number of methoxy groups -OCH3 is 1. The Morgan fingerprint density at radius 3 is 2.83 bits per heavy atom. The lowest BCUT2D eigenvalue weighted by atomic mass is 10.1. The molecule has 0 unspecified atom stereocenters. The van der Waals surface area contributed by atoms with Gasteiger partial charge in [-0.2, -0.15) is 0 Å². The zero-order valence-electron chi connectivity index (χ0n) is 12.7. The average Bonchev–Trinajstić information content (AvgIpc) is 2.87. The zero-order chi connectivity index (χ0) is 16.8. The molecule has 0 spiro atoms. The number of carboxylic acids is 1. The Bertz CT molecular complexity index is 713. The number of hydrogen-bond acceptors (Lipinski definition) is 4. The number of fused-ring (bicyclic) bond motifs is 1. The maximum atomic E-state index is 14.0. The van der Waals surface area contributed by atoms with Crippen LogP contribution in [0.3, 0.4) is 0 Å². The smallest absolute Gasteiger partial charge is 0.303 e. The highest BCUT2D eigenvalue weighted by molar-refractivity contribution is 7.21. The Labute approximate surface area is 137 Å². The van der Waals surface area contributed by atoms with Gasteiger partial charge < -0.3 is 15.2 Å². The molecule has 0 saturated carbocycles. The number of halogens is 1. The number of carbonyl (C=O) groups is 2. The average molecular weight is 339 g/mol. The maximum Gasteiger partial charge on any atom is 0.303 e. The van der Waals surface area contributed by atoms with Crippen molar-refractivity contribution in [3.05, 3.63) is 34.5 Å². The largest absolute Gasteiger partial charge is 0.481 e. The van der Waals surface area contributed by atoms with Crippen LogP contribution >= 0.6 is 11.3 Å². The number of carbonyl (C=O) groups excluding carboxylic acids is 1. The molecule has 2 N–H and O–H groups in total. The summed E-state index contributed by atoms with van der Waals surface area (Å²) in [5.41, 5.74) is 0.550. The highest BCUT2D eigenvalue weighted by Crippen LogP contribution is 2.33. The molecule has 0 fully saturated rings. The number of nitrogens with one attached hydrogen (secondary N) is 1. The standard InChI is InChI=1S/C16H18FNO4S/c1-22-9-10-14-11(17)5-4-6-12(14)23-15(10)16(21)18-8-3-2-7-13(19)20/h4-6H,2-3,7-9H2,1H3,(H,18,21)(H,19,20). The Hall–Kier alpha value is -1.99. The molecular weight excluding hydrogens is 321 g/mol. The Morgan fingerprint density at radius 2 is 2.13 bits per heavy atom. The molecule has 0 aliphatic rings. The van der Waals surface area contributed by atoms with E-state index in [-0.39, 0.29) is 24.8 Å². The van der Waals surface area contributed by atoms with Gasteiger partial charge in [-0.3, -0.25) is 9.59 Å². The van der Waals surface area contributed by atoms with Crippen LogP contribution in [0.5, 0.6) is 0 Å². The Balaban J connectivity index is 2.12. The zero-order valence-corrected chi connectivity index (χ0v) is 13.5. The monoisotopic (exact) mass is 339 g/mol. The van der Waals surface area contributed by atoms with E-state index >= 15 is 0 Å². The van der Waals surface area contributed by atoms with Crippen LogP contribution in [0.25, 0.3) is 10.1 Å². The molecule has 0 saturated heterocycles. The second-order valence-electron chi connectivity index (χ2n) is 5.06. The third-order valence-corrected chi connectivity index (χ3v) is 4.56. The number of carboxylic acid groups (broad SMARTS) is 1. The highest BCUT2D eigenvalue weighted by Gasteiger charge is 2.20. The lowest BCUT2D eigenvalue weighted by Crippen LogP contribution is -2.24. The first-order valence-corrected chi connectivity index (χ1v) is 8.05. The van der Waals surface area contributed by atoms with Crippen molar-refractivity contribution in [1.82, 2.24) is 5.32 Å². The van der Waals surface area contributed by atoms with Crippen molar-refractivity contribution in [3.63, 3.8) is 0 Å². The van der Waals surface area contributed by atoms with Crippen molar-refractivity contribution in [1.29, 1.82) is 0 Å². The summed E-state index contributed by atoms with van der Waals surface area (Å²) in [5.74, 6) is -1.50. The molecule has 5 nitrogen and oxygen atoms in total. The van der Waals surface area contributed by atoms with Gasteiger partial charge in [0.2, 0.25) is 0 Å². The third kappa shape index (κ3) is 4.27. The normalized spacial score (nSPS) is 10.9. The minimum absolute atomic E-state index is 0.0822. The van der Waals surface area contributed by atoms with Crippen LogP contribution in [0.15, 0.2) is 18.2 Å². The number of hydrogen-bond donors (Lipinski definition) is 2. The molecule has 2 rings (SSSR count). The lowest BCUT2D eigenvalue weighted by Gasteiger charge is -2.06. The fraction of sp³-hybridized carbons (Fsp3) is 0.375. The van der Waals surface area contributed by atoms with E-state index in [1.165, 1.54) is 24.5 Å². The van der Waals surface area contributed by atoms with Crippen molar-refractivity contribution in [2.75, 3.05) is 13.7 Å². The van der Waals surface area contributed by atoms with E-state index in [1.54, 1.807) is 12.1 Å². The summed E-state index contributed by atoms with van der Waals surface area (Å²) >= 11 is 1.23. The molecule has 23 heavy (non-hydrogen) atoms. The van der Waals surface area contributed by atoms with Crippen molar-refractivity contribution >= 4 is 33.3 Å². The number of ether oxygens (including phenoxy) is 1. The Morgan fingerprint density at radius 1 is 1.35 bits per heavy atom. The van der Waals surface area contributed by atoms with Gasteiger partial charge in [0.05, 0.1) is 11.5 Å². The number of rotatable bonds is 8. The number of unbranched alkanes of at least 4 members (excludes halogenated alkanes) is 1. The van der Waals surface area contributed by atoms with Gasteiger partial charge in [0.25, 0.3) is 5.91 Å². The second kappa shape index (κ2) is 8.03. The van der Waals surface area contributed by atoms with Crippen LogP contribution in [0.4, 0.5) is 4.39 Å². The van der Waals surface area contributed by atoms with Crippen LogP contribution < -0.4 is 5.32 Å². The molecule has 1 heterocycles. The van der Waals surface area contributed by atoms with Gasteiger partial charge in [-0.15, -0.1) is 11.3 Å². The van der Waals surface area contributed by atoms with E-state index in [0.29, 0.717) is 39.9 Å². The van der Waals surface area contributed by atoms with Crippen molar-refractivity contribution in [2.24, 2.45) is 0 Å². The number of amides is 1. The molecule has 0 bridgehead atoms. The molecule has 0 radical (unpaired) electrons. The van der Waals surface area contributed by atoms with Gasteiger partial charge in [0, 0.05) is 35.7 Å². The molecule has 2 aromatic rings. The third-order valence-electron chi connectivity index (χ3n) is 3.36. The minimum Gasteiger partial charge on any atom is -0.481 e. The van der Waals surface area contributed by atoms with Gasteiger partial charge in [0.15, 0.2) is 0 Å². The molecule has 1 aromatic carbocycles. The molecule has 0 atom stereocenters. The quantitative estimate of drug-likeness (QED) is 0.724. The van der Waals surface area contributed by atoms with Crippen molar-refractivity contribution in [3.8, 4) is 0 Å². The van der Waals surface area contributed by atoms with E-state index in [4.69, 9.17) is 9.84 Å². The summed E-state index contributed by atoms with van der Waals surface area (Å²) in [6.07, 6.45) is 1.16. The van der Waals surface area contributed by atoms with E-state index in [1.807, 2.05) is 0 Å². The molecular formula is C16H18FNO4S. The summed E-state index contributed by atoms with van der Waals surface area (Å²) in [5, 5.41) is 11.7. The van der Waals surface area contributed by atoms with Crippen molar-refractivity contribution < 1.29 is 23.8 Å². The molecule has 1 amide bonds. The first-order valence-electron chi connectivity index (χ1n) is 7.23. The Kier molecular flexibility index (Phi) is 6.06. The molecule has 0 aliphatic carbocycles. The van der Waals surface area contributed by atoms with Crippen LogP contribution in [-0.2, 0) is 16.1 Å². The van der Waals surface area contributed by atoms with Gasteiger partial charge >= 0.3 is 5.97 Å². The predicted molar refractivity (Wildman–Crippen MR) is 86.3 cm³/mol. The number of benzene rings is 1. The van der Waals surface area contributed by atoms with Crippen LogP contribution in [-0.4, -0.2) is 30.6 Å². The summed E-state index contributed by atoms with van der Waals surface area (Å²) < 4.78 is 19.8. The van der Waals surface area contributed by atoms with E-state index in [0.717, 1.165) is 0 Å². The van der Waals surface area contributed by atoms with E-state index in [2.05, 4.69) is 5.32 Å². The van der Waals surface area contributed by atoms with Crippen LogP contribution in [0.1, 0.15) is 34.5 Å². The highest BCUT2D eigenvalue weighted by atomic mass is 32.1. The summed E-state index contributed by atoms with van der Waals surface area (Å²) in [6.45, 7) is 0.540. The number of thiophene rings is 1. The van der Waals surface area contributed by atoms with E-state index in [9.17, 15) is 14.0 Å². The van der Waals surface area contributed by atoms with Gasteiger partial charge in [0.1, 0.15) is 5.82 Å². The summed E-state index contributed by atoms with van der Waals surface area (Å²) in [4.78, 5) is 23.2. The van der Waals surface area contributed by atoms with Crippen LogP contribution in [0, 0.1) is 5.82 Å². The maximum absolute atomic E-state index is 14.0. The molecule has 7 heteroatoms. The molecule has 1 aromatic heterocycles. The molecule has 124 valence electrons. The number of aliphatic carboxylic acids is 1. The first kappa shape index (κ1) is 17.4. The molecule has 0 aliphatic heterocycles. The van der Waals surface area contributed by atoms with Crippen LogP contribution in [0.2, 0.25) is 0 Å². The van der Waals surface area contributed by atoms with Crippen molar-refractivity contribution in [2.45, 2.75) is 25.9 Å². The summed E-state index contributed by atoms with van der Waals surface area (Å²) in [6, 6.07) is 4.74.